The fourth-order valence-corrected chi connectivity index (χ4v) is 5.14. The highest BCUT2D eigenvalue weighted by Crippen LogP contribution is 2.45. The van der Waals surface area contributed by atoms with Crippen LogP contribution in [0.2, 0.25) is 5.02 Å². The minimum Gasteiger partial charge on any atom is -0.354 e. The first kappa shape index (κ1) is 22.1. The minimum absolute atomic E-state index is 0.0887. The highest BCUT2D eigenvalue weighted by molar-refractivity contribution is 6.30. The largest absolute Gasteiger partial charge is 0.354 e. The zero-order chi connectivity index (χ0) is 24.6. The second-order valence-electron chi connectivity index (χ2n) is 8.80. The lowest BCUT2D eigenvalue weighted by Gasteiger charge is -2.26. The van der Waals surface area contributed by atoms with E-state index in [1.807, 2.05) is 60.7 Å². The molecule has 6 heteroatoms. The number of nitrogens with zero attached hydrogens (tertiary/aromatic N) is 1. The molecule has 2 heterocycles. The molecule has 1 atom stereocenters. The molecule has 6 rings (SSSR count). The van der Waals surface area contributed by atoms with Gasteiger partial charge in [-0.25, -0.2) is 0 Å². The van der Waals surface area contributed by atoms with E-state index in [2.05, 4.69) is 28.5 Å². The van der Waals surface area contributed by atoms with E-state index in [0.29, 0.717) is 16.3 Å². The van der Waals surface area contributed by atoms with Crippen LogP contribution in [0, 0.1) is 0 Å². The summed E-state index contributed by atoms with van der Waals surface area (Å²) >= 11 is 5.98. The molecule has 0 fully saturated rings. The molecule has 5 nitrogen and oxygen atoms in total. The average Bonchev–Trinajstić information content (AvgIpc) is 3.41. The summed E-state index contributed by atoms with van der Waals surface area (Å²) in [6.07, 6.45) is 0. The number of anilines is 1. The van der Waals surface area contributed by atoms with Crippen LogP contribution in [-0.2, 0) is 4.79 Å². The zero-order valence-corrected chi connectivity index (χ0v) is 20.0. The molecule has 0 aliphatic carbocycles. The summed E-state index contributed by atoms with van der Waals surface area (Å²) in [5.74, 6) is -0.435. The summed E-state index contributed by atoms with van der Waals surface area (Å²) < 4.78 is 0. The number of aromatic nitrogens is 1. The van der Waals surface area contributed by atoms with Crippen molar-refractivity contribution in [3.8, 4) is 11.3 Å². The van der Waals surface area contributed by atoms with E-state index in [4.69, 9.17) is 11.6 Å². The number of amides is 2. The number of nitrogens with one attached hydrogen (secondary N) is 2. The van der Waals surface area contributed by atoms with E-state index < -0.39 is 6.04 Å². The quantitative estimate of drug-likeness (QED) is 0.288. The normalized spacial score (nSPS) is 14.8. The highest BCUT2D eigenvalue weighted by Gasteiger charge is 2.40. The second kappa shape index (κ2) is 9.02. The Labute approximate surface area is 213 Å². The molecule has 2 amide bonds. The number of carbonyl (C=O) groups is 2. The minimum atomic E-state index is -0.420. The number of halogens is 1. The van der Waals surface area contributed by atoms with Crippen LogP contribution >= 0.6 is 11.6 Å². The van der Waals surface area contributed by atoms with Gasteiger partial charge < -0.3 is 15.2 Å². The Bertz CT molecular complexity index is 1590. The van der Waals surface area contributed by atoms with Crippen molar-refractivity contribution in [2.75, 3.05) is 11.9 Å². The summed E-state index contributed by atoms with van der Waals surface area (Å²) in [6.45, 7) is -0.0887. The number of fused-ring (bicyclic) bond motifs is 2. The molecule has 2 N–H and O–H groups in total. The highest BCUT2D eigenvalue weighted by atomic mass is 35.5. The molecule has 176 valence electrons. The first-order valence-corrected chi connectivity index (χ1v) is 12.1. The molecule has 0 unspecified atom stereocenters. The third kappa shape index (κ3) is 3.84. The van der Waals surface area contributed by atoms with Gasteiger partial charge in [0.1, 0.15) is 6.54 Å². The van der Waals surface area contributed by atoms with Gasteiger partial charge in [0.05, 0.1) is 11.7 Å². The fraction of sp³-hybridized carbons (Fsp3) is 0.0667. The molecule has 0 spiro atoms. The van der Waals surface area contributed by atoms with Gasteiger partial charge in [-0.15, -0.1) is 0 Å². The lowest BCUT2D eigenvalue weighted by Crippen LogP contribution is -2.36. The van der Waals surface area contributed by atoms with Crippen LogP contribution in [0.4, 0.5) is 5.69 Å². The Morgan fingerprint density at radius 2 is 1.56 bits per heavy atom. The first-order chi connectivity index (χ1) is 17.6. The molecule has 1 aromatic heterocycles. The van der Waals surface area contributed by atoms with Gasteiger partial charge in [0.25, 0.3) is 5.91 Å². The third-order valence-corrected chi connectivity index (χ3v) is 6.83. The lowest BCUT2D eigenvalue weighted by atomic mass is 9.93. The fourth-order valence-electron chi connectivity index (χ4n) is 5.01. The Kier molecular flexibility index (Phi) is 5.55. The van der Waals surface area contributed by atoms with Gasteiger partial charge in [0.15, 0.2) is 0 Å². The number of rotatable bonds is 5. The maximum absolute atomic E-state index is 13.6. The van der Waals surface area contributed by atoms with E-state index in [1.54, 1.807) is 29.2 Å². The number of hydrogen-bond acceptors (Lipinski definition) is 2. The Balaban J connectivity index is 1.47. The van der Waals surface area contributed by atoms with E-state index in [9.17, 15) is 9.59 Å². The number of aromatic amines is 1. The Morgan fingerprint density at radius 3 is 2.36 bits per heavy atom. The monoisotopic (exact) mass is 491 g/mol. The molecule has 0 saturated carbocycles. The predicted octanol–water partition coefficient (Wildman–Crippen LogP) is 6.67. The van der Waals surface area contributed by atoms with Crippen LogP contribution < -0.4 is 5.32 Å². The van der Waals surface area contributed by atoms with Gasteiger partial charge in [-0.05, 0) is 47.5 Å². The van der Waals surface area contributed by atoms with Gasteiger partial charge in [-0.3, -0.25) is 9.59 Å². The van der Waals surface area contributed by atoms with Crippen molar-refractivity contribution in [1.82, 2.24) is 9.88 Å². The molecule has 4 aromatic carbocycles. The summed E-state index contributed by atoms with van der Waals surface area (Å²) in [4.78, 5) is 32.0. The van der Waals surface area contributed by atoms with Crippen molar-refractivity contribution in [3.63, 3.8) is 0 Å². The van der Waals surface area contributed by atoms with E-state index in [1.165, 1.54) is 0 Å². The molecule has 1 aliphatic heterocycles. The van der Waals surface area contributed by atoms with Crippen LogP contribution in [0.3, 0.4) is 0 Å². The topological polar surface area (TPSA) is 65.2 Å². The molecular formula is C30H22ClN3O2. The van der Waals surface area contributed by atoms with Gasteiger partial charge in [-0.1, -0.05) is 78.3 Å². The summed E-state index contributed by atoms with van der Waals surface area (Å²) in [5.41, 5.74) is 6.06. The first-order valence-electron chi connectivity index (χ1n) is 11.7. The lowest BCUT2D eigenvalue weighted by molar-refractivity contribution is -0.117. The number of benzene rings is 4. The maximum atomic E-state index is 13.6. The number of H-pyrrole nitrogens is 1. The van der Waals surface area contributed by atoms with Crippen LogP contribution in [-0.4, -0.2) is 28.2 Å². The molecule has 0 radical (unpaired) electrons. The predicted molar refractivity (Wildman–Crippen MR) is 143 cm³/mol. The number of carbonyl (C=O) groups excluding carboxylic acids is 2. The van der Waals surface area contributed by atoms with Crippen LogP contribution in [0.1, 0.15) is 27.5 Å². The molecule has 0 bridgehead atoms. The summed E-state index contributed by atoms with van der Waals surface area (Å²) in [6, 6.07) is 32.3. The van der Waals surface area contributed by atoms with Crippen molar-refractivity contribution in [2.24, 2.45) is 0 Å². The average molecular weight is 492 g/mol. The SMILES string of the molecule is O=C(CN1C(=O)c2ccccc2[C@@H]1c1c(-c2ccccc2)[nH]c2ccccc12)Nc1ccc(Cl)cc1. The molecular weight excluding hydrogens is 470 g/mol. The maximum Gasteiger partial charge on any atom is 0.255 e. The summed E-state index contributed by atoms with van der Waals surface area (Å²) in [7, 11) is 0. The molecule has 5 aromatic rings. The Morgan fingerprint density at radius 1 is 0.861 bits per heavy atom. The van der Waals surface area contributed by atoms with Crippen LogP contribution in [0.15, 0.2) is 103 Å². The van der Waals surface area contributed by atoms with Gasteiger partial charge in [0, 0.05) is 32.7 Å². The standard InChI is InChI=1S/C30H22ClN3O2/c31-20-14-16-21(17-15-20)32-26(35)18-34-29(22-10-4-5-11-23(22)30(34)36)27-24-12-6-7-13-25(24)33-28(27)19-8-2-1-3-9-19/h1-17,29,33H,18H2,(H,32,35)/t29-/m1/s1. The van der Waals surface area contributed by atoms with Crippen LogP contribution in [0.5, 0.6) is 0 Å². The third-order valence-electron chi connectivity index (χ3n) is 6.58. The van der Waals surface area contributed by atoms with E-state index in [0.717, 1.165) is 33.3 Å². The summed E-state index contributed by atoms with van der Waals surface area (Å²) in [5, 5.41) is 4.50. The molecule has 36 heavy (non-hydrogen) atoms. The van der Waals surface area contributed by atoms with Gasteiger partial charge in [0.2, 0.25) is 5.91 Å². The van der Waals surface area contributed by atoms with Crippen LogP contribution in [0.25, 0.3) is 22.2 Å². The smallest absolute Gasteiger partial charge is 0.255 e. The number of para-hydroxylation sites is 1. The Hall–Kier alpha value is -4.35. The van der Waals surface area contributed by atoms with Crippen molar-refractivity contribution in [3.05, 3.63) is 125 Å². The zero-order valence-electron chi connectivity index (χ0n) is 19.2. The van der Waals surface area contributed by atoms with Gasteiger partial charge >= 0.3 is 0 Å². The van der Waals surface area contributed by atoms with Crippen molar-refractivity contribution < 1.29 is 9.59 Å². The number of hydrogen-bond donors (Lipinski definition) is 2. The second-order valence-corrected chi connectivity index (χ2v) is 9.24. The van der Waals surface area contributed by atoms with E-state index in [-0.39, 0.29) is 18.4 Å². The van der Waals surface area contributed by atoms with Crippen molar-refractivity contribution in [1.29, 1.82) is 0 Å². The van der Waals surface area contributed by atoms with Gasteiger partial charge in [-0.2, -0.15) is 0 Å². The molecule has 1 aliphatic rings. The van der Waals surface area contributed by atoms with Crippen molar-refractivity contribution >= 4 is 40.0 Å². The molecule has 0 saturated heterocycles. The van der Waals surface area contributed by atoms with E-state index >= 15 is 0 Å². The van der Waals surface area contributed by atoms with Crippen molar-refractivity contribution in [2.45, 2.75) is 6.04 Å².